The van der Waals surface area contributed by atoms with Crippen molar-refractivity contribution in [3.8, 4) is 17.2 Å². The van der Waals surface area contributed by atoms with Crippen molar-refractivity contribution in [1.82, 2.24) is 0 Å². The van der Waals surface area contributed by atoms with Gasteiger partial charge in [0.2, 0.25) is 5.90 Å². The van der Waals surface area contributed by atoms with Crippen molar-refractivity contribution in [1.29, 1.82) is 0 Å². The normalized spacial score (nSPS) is 14.9. The van der Waals surface area contributed by atoms with E-state index in [9.17, 15) is 4.79 Å². The summed E-state index contributed by atoms with van der Waals surface area (Å²) in [6, 6.07) is 8.45. The van der Waals surface area contributed by atoms with Gasteiger partial charge >= 0.3 is 5.97 Å². The molecule has 0 N–H and O–H groups in total. The summed E-state index contributed by atoms with van der Waals surface area (Å²) < 4.78 is 21.1. The summed E-state index contributed by atoms with van der Waals surface area (Å²) in [5, 5.41) is 1.01. The first-order valence-corrected chi connectivity index (χ1v) is 9.16. The van der Waals surface area contributed by atoms with Crippen molar-refractivity contribution in [2.75, 3.05) is 21.3 Å². The molecule has 1 heterocycles. The predicted octanol–water partition coefficient (Wildman–Crippen LogP) is 5.03. The number of rotatable bonds is 6. The zero-order valence-corrected chi connectivity index (χ0v) is 17.4. The molecule has 1 aliphatic rings. The summed E-state index contributed by atoms with van der Waals surface area (Å²) in [6.45, 7) is 0. The molecule has 6 nitrogen and oxygen atoms in total. The van der Waals surface area contributed by atoms with Crippen LogP contribution in [0.4, 0.5) is 0 Å². The zero-order valence-electron chi connectivity index (χ0n) is 15.9. The maximum atomic E-state index is 12.2. The summed E-state index contributed by atoms with van der Waals surface area (Å²) in [7, 11) is 4.57. The molecule has 0 aromatic heterocycles. The first-order valence-electron chi connectivity index (χ1n) is 8.41. The van der Waals surface area contributed by atoms with Gasteiger partial charge in [0, 0.05) is 27.8 Å². The highest BCUT2D eigenvalue weighted by Gasteiger charge is 2.22. The lowest BCUT2D eigenvalue weighted by Gasteiger charge is -2.12. The van der Waals surface area contributed by atoms with E-state index in [2.05, 4.69) is 4.99 Å². The van der Waals surface area contributed by atoms with Crippen molar-refractivity contribution in [3.05, 3.63) is 63.3 Å². The molecule has 0 amide bonds. The minimum absolute atomic E-state index is 0.123. The van der Waals surface area contributed by atoms with E-state index in [0.717, 1.165) is 0 Å². The lowest BCUT2D eigenvalue weighted by atomic mass is 10.1. The van der Waals surface area contributed by atoms with Gasteiger partial charge in [-0.1, -0.05) is 29.3 Å². The number of methoxy groups -OCH3 is 3. The molecule has 0 unspecified atom stereocenters. The third kappa shape index (κ3) is 4.72. The highest BCUT2D eigenvalue weighted by atomic mass is 35.5. The Hall–Kier alpha value is -2.96. The van der Waals surface area contributed by atoms with Crippen molar-refractivity contribution < 1.29 is 23.7 Å². The van der Waals surface area contributed by atoms with Crippen molar-refractivity contribution in [2.24, 2.45) is 4.99 Å². The van der Waals surface area contributed by atoms with Gasteiger partial charge in [0.05, 0.1) is 21.3 Å². The Bertz CT molecular complexity index is 1040. The topological polar surface area (TPSA) is 66.3 Å². The van der Waals surface area contributed by atoms with E-state index in [0.29, 0.717) is 38.4 Å². The molecule has 2 aromatic carbocycles. The van der Waals surface area contributed by atoms with E-state index >= 15 is 0 Å². The average molecular weight is 434 g/mol. The second-order valence-electron chi connectivity index (χ2n) is 5.82. The van der Waals surface area contributed by atoms with Crippen LogP contribution in [0, 0.1) is 0 Å². The number of benzene rings is 2. The predicted molar refractivity (Wildman–Crippen MR) is 113 cm³/mol. The molecule has 29 heavy (non-hydrogen) atoms. The van der Waals surface area contributed by atoms with Gasteiger partial charge in [-0.3, -0.25) is 0 Å². The van der Waals surface area contributed by atoms with E-state index in [-0.39, 0.29) is 11.6 Å². The van der Waals surface area contributed by atoms with E-state index in [1.807, 2.05) is 0 Å². The molecule has 0 atom stereocenters. The second kappa shape index (κ2) is 9.03. The Morgan fingerprint density at radius 3 is 2.24 bits per heavy atom. The Kier molecular flexibility index (Phi) is 6.46. The molecule has 0 radical (unpaired) electrons. The highest BCUT2D eigenvalue weighted by molar-refractivity contribution is 6.35. The largest absolute Gasteiger partial charge is 0.496 e. The lowest BCUT2D eigenvalue weighted by molar-refractivity contribution is -0.129. The monoisotopic (exact) mass is 433 g/mol. The van der Waals surface area contributed by atoms with Crippen LogP contribution in [-0.2, 0) is 9.53 Å². The number of cyclic esters (lactones) is 1. The van der Waals surface area contributed by atoms with E-state index in [4.69, 9.17) is 42.1 Å². The first-order chi connectivity index (χ1) is 13.9. The van der Waals surface area contributed by atoms with Crippen LogP contribution in [-0.4, -0.2) is 33.2 Å². The number of aliphatic imine (C=N–C) groups is 1. The van der Waals surface area contributed by atoms with Gasteiger partial charge in [0.25, 0.3) is 0 Å². The third-order valence-corrected chi connectivity index (χ3v) is 4.60. The molecule has 1 aliphatic heterocycles. The Labute approximate surface area is 178 Å². The van der Waals surface area contributed by atoms with Crippen LogP contribution in [0.3, 0.4) is 0 Å². The van der Waals surface area contributed by atoms with E-state index < -0.39 is 5.97 Å². The van der Waals surface area contributed by atoms with Gasteiger partial charge in [-0.15, -0.1) is 0 Å². The number of halogens is 2. The van der Waals surface area contributed by atoms with Gasteiger partial charge in [-0.25, -0.2) is 9.79 Å². The number of carbonyl (C=O) groups is 1. The molecule has 3 rings (SSSR count). The Morgan fingerprint density at radius 1 is 0.897 bits per heavy atom. The van der Waals surface area contributed by atoms with E-state index in [1.54, 1.807) is 48.6 Å². The van der Waals surface area contributed by atoms with Crippen LogP contribution in [0.25, 0.3) is 12.2 Å². The molecule has 0 fully saturated rings. The van der Waals surface area contributed by atoms with Crippen molar-refractivity contribution >= 4 is 47.2 Å². The fourth-order valence-electron chi connectivity index (χ4n) is 2.61. The summed E-state index contributed by atoms with van der Waals surface area (Å²) in [6.07, 6.45) is 4.80. The molecule has 0 spiro atoms. The van der Waals surface area contributed by atoms with Gasteiger partial charge in [0.1, 0.15) is 5.75 Å². The van der Waals surface area contributed by atoms with Crippen LogP contribution >= 0.6 is 23.2 Å². The molecule has 8 heteroatoms. The number of nitrogens with zero attached hydrogens (tertiary/aromatic N) is 1. The fraction of sp³-hybridized carbons (Fsp3) is 0.143. The number of esters is 1. The van der Waals surface area contributed by atoms with Crippen molar-refractivity contribution in [2.45, 2.75) is 0 Å². The summed E-state index contributed by atoms with van der Waals surface area (Å²) in [4.78, 5) is 16.4. The number of ether oxygens (including phenoxy) is 4. The summed E-state index contributed by atoms with van der Waals surface area (Å²) in [5.74, 6) is 1.06. The Morgan fingerprint density at radius 2 is 1.59 bits per heavy atom. The molecule has 0 saturated heterocycles. The minimum atomic E-state index is -0.580. The van der Waals surface area contributed by atoms with Gasteiger partial charge < -0.3 is 18.9 Å². The quantitative estimate of drug-likeness (QED) is 0.472. The molecule has 2 aromatic rings. The first kappa shape index (κ1) is 20.8. The SMILES string of the molecule is COc1cc(OC)c(OC)cc1/C=C1N=C(/C=C/c2ccc(Cl)cc2Cl)OC/1=O. The van der Waals surface area contributed by atoms with Crippen LogP contribution in [0.15, 0.2) is 47.1 Å². The van der Waals surface area contributed by atoms with Gasteiger partial charge in [0.15, 0.2) is 17.2 Å². The number of hydrogen-bond acceptors (Lipinski definition) is 6. The van der Waals surface area contributed by atoms with Crippen LogP contribution in [0.2, 0.25) is 10.0 Å². The molecular formula is C21H17Cl2NO5. The maximum absolute atomic E-state index is 12.2. The summed E-state index contributed by atoms with van der Waals surface area (Å²) in [5.41, 5.74) is 1.43. The second-order valence-corrected chi connectivity index (χ2v) is 6.66. The average Bonchev–Trinajstić information content (AvgIpc) is 3.06. The number of hydrogen-bond donors (Lipinski definition) is 0. The molecule has 0 saturated carbocycles. The molecule has 0 aliphatic carbocycles. The third-order valence-electron chi connectivity index (χ3n) is 4.03. The zero-order chi connectivity index (χ0) is 21.0. The van der Waals surface area contributed by atoms with Gasteiger partial charge in [-0.2, -0.15) is 0 Å². The van der Waals surface area contributed by atoms with E-state index in [1.165, 1.54) is 21.3 Å². The summed E-state index contributed by atoms with van der Waals surface area (Å²) >= 11 is 12.0. The fourth-order valence-corrected chi connectivity index (χ4v) is 3.08. The number of carbonyl (C=O) groups excluding carboxylic acids is 1. The molecule has 0 bridgehead atoms. The molecular weight excluding hydrogens is 417 g/mol. The van der Waals surface area contributed by atoms with Crippen molar-refractivity contribution in [3.63, 3.8) is 0 Å². The van der Waals surface area contributed by atoms with Crippen LogP contribution in [0.5, 0.6) is 17.2 Å². The van der Waals surface area contributed by atoms with Gasteiger partial charge in [-0.05, 0) is 35.9 Å². The smallest absolute Gasteiger partial charge is 0.363 e. The van der Waals surface area contributed by atoms with Crippen LogP contribution < -0.4 is 14.2 Å². The lowest BCUT2D eigenvalue weighted by Crippen LogP contribution is -2.01. The standard InChI is InChI=1S/C21H17Cl2NO5/c1-26-17-11-19(28-3)18(27-2)9-13(17)8-16-21(25)29-20(24-16)7-5-12-4-6-14(22)10-15(12)23/h4-11H,1-3H3/b7-5+,16-8+. The maximum Gasteiger partial charge on any atom is 0.363 e. The minimum Gasteiger partial charge on any atom is -0.496 e. The highest BCUT2D eigenvalue weighted by Crippen LogP contribution is 2.36. The Balaban J connectivity index is 1.91. The molecule has 150 valence electrons. The van der Waals surface area contributed by atoms with Crippen LogP contribution in [0.1, 0.15) is 11.1 Å².